The van der Waals surface area contributed by atoms with E-state index in [9.17, 15) is 15.3 Å². The molecule has 6 N–H and O–H groups in total. The summed E-state index contributed by atoms with van der Waals surface area (Å²) in [6, 6.07) is 38.1. The van der Waals surface area contributed by atoms with E-state index in [1.807, 2.05) is 91.0 Å². The quantitative estimate of drug-likeness (QED) is 0.107. The van der Waals surface area contributed by atoms with E-state index in [0.29, 0.717) is 0 Å². The molecule has 0 atom stereocenters. The summed E-state index contributed by atoms with van der Waals surface area (Å²) in [6.07, 6.45) is 7.99. The van der Waals surface area contributed by atoms with Crippen LogP contribution in [0.25, 0.3) is 79.8 Å². The van der Waals surface area contributed by atoms with Gasteiger partial charge in [-0.1, -0.05) is 36.4 Å². The van der Waals surface area contributed by atoms with Crippen molar-refractivity contribution in [1.82, 2.24) is 19.9 Å². The fourth-order valence-electron chi connectivity index (χ4n) is 6.37. The molecule has 0 saturated carbocycles. The summed E-state index contributed by atoms with van der Waals surface area (Å²) in [5.74, 6) is 0.841. The van der Waals surface area contributed by atoms with Crippen molar-refractivity contribution in [2.45, 2.75) is 0 Å². The standard InChI is InChI=1S/C38H26N4O3.C6H5O.Co/c43-27-9-1-22(2-10-27)36-30-15-7-25(39-30)21-26-8-16-31(40-26)37(23-3-11-28(44)12-4-23)33-18-20-35(42-33)38(34-19-17-32(36)41-34)24-5-13-29(45)14-6-24;7-6-4-2-1-3-5-6;/h1-21,39,42-45H;2-5,7H;. The maximum atomic E-state index is 10.1. The van der Waals surface area contributed by atoms with E-state index < -0.39 is 0 Å². The predicted molar refractivity (Wildman–Crippen MR) is 208 cm³/mol. The minimum absolute atomic E-state index is 0.180. The van der Waals surface area contributed by atoms with Crippen molar-refractivity contribution in [3.8, 4) is 56.4 Å². The second-order valence-electron chi connectivity index (χ2n) is 12.4. The van der Waals surface area contributed by atoms with Crippen molar-refractivity contribution >= 4 is 50.9 Å². The summed E-state index contributed by atoms with van der Waals surface area (Å²) < 4.78 is 0.857. The number of hydrogen-bond donors (Lipinski definition) is 6. The normalized spacial score (nSPS) is 11.7. The summed E-state index contributed by atoms with van der Waals surface area (Å²) >= 11 is 4.07. The summed E-state index contributed by atoms with van der Waals surface area (Å²) in [7, 11) is 0. The van der Waals surface area contributed by atoms with Crippen molar-refractivity contribution in [3.05, 3.63) is 150 Å². The Morgan fingerprint density at radius 3 is 1.23 bits per heavy atom. The number of H-pyrrole nitrogens is 2. The number of phenols is 4. The Labute approximate surface area is 312 Å². The molecule has 0 fully saturated rings. The van der Waals surface area contributed by atoms with Gasteiger partial charge in [-0.3, -0.25) is 0 Å². The average molecular weight is 739 g/mol. The third-order valence-electron chi connectivity index (χ3n) is 8.86. The molecule has 260 valence electrons. The topological polar surface area (TPSA) is 138 Å². The Morgan fingerprint density at radius 2 is 0.774 bits per heavy atom. The van der Waals surface area contributed by atoms with Gasteiger partial charge in [-0.05, 0) is 108 Å². The van der Waals surface area contributed by atoms with E-state index >= 15 is 0 Å². The molecule has 0 aliphatic carbocycles. The zero-order chi connectivity index (χ0) is 36.5. The monoisotopic (exact) mass is 738 g/mol. The SMILES string of the molecule is Oc1cc[c]([Co])cc1.Oc1ccc(-c2c3nc(c(-c4ccc(O)cc4)c4ccc([nH]4)c(-c4ccc(O)cc4)c4nc(cc5ccc2[nH]5)C=C4)C=C3)cc1. The molecule has 8 bridgehead atoms. The minimum atomic E-state index is 0.180. The Bertz CT molecular complexity index is 2630. The number of hydrogen-bond acceptors (Lipinski definition) is 6. The van der Waals surface area contributed by atoms with Gasteiger partial charge in [0.15, 0.2) is 0 Å². The number of rotatable bonds is 3. The van der Waals surface area contributed by atoms with E-state index in [-0.39, 0.29) is 23.0 Å². The van der Waals surface area contributed by atoms with E-state index in [1.165, 1.54) is 0 Å². The van der Waals surface area contributed by atoms with Crippen molar-refractivity contribution in [2.75, 3.05) is 0 Å². The molecule has 4 aromatic carbocycles. The van der Waals surface area contributed by atoms with Crippen molar-refractivity contribution in [1.29, 1.82) is 0 Å². The Hall–Kier alpha value is -6.81. The van der Waals surface area contributed by atoms with E-state index in [2.05, 4.69) is 25.7 Å². The summed E-state index contributed by atoms with van der Waals surface area (Å²) in [6.45, 7) is 0. The second kappa shape index (κ2) is 14.1. The molecule has 0 unspecified atom stereocenters. The zero-order valence-electron chi connectivity index (χ0n) is 28.0. The van der Waals surface area contributed by atoms with Gasteiger partial charge in [0.1, 0.15) is 17.2 Å². The fraction of sp³-hybridized carbons (Fsp3) is 0. The number of aromatic hydroxyl groups is 4. The van der Waals surface area contributed by atoms with Crippen molar-refractivity contribution in [2.24, 2.45) is 0 Å². The molecule has 0 spiro atoms. The third-order valence-corrected chi connectivity index (χ3v) is 9.20. The Morgan fingerprint density at radius 1 is 0.396 bits per heavy atom. The van der Waals surface area contributed by atoms with Crippen LogP contribution in [0.4, 0.5) is 0 Å². The van der Waals surface area contributed by atoms with E-state index in [1.54, 1.807) is 60.7 Å². The van der Waals surface area contributed by atoms with Gasteiger partial charge in [0.2, 0.25) is 0 Å². The third kappa shape index (κ3) is 7.07. The zero-order valence-corrected chi connectivity index (χ0v) is 29.0. The van der Waals surface area contributed by atoms with Crippen molar-refractivity contribution < 1.29 is 36.2 Å². The Balaban J connectivity index is 0.000000445. The first-order valence-electron chi connectivity index (χ1n) is 16.7. The van der Waals surface area contributed by atoms with Crippen LogP contribution in [0.1, 0.15) is 22.8 Å². The molecule has 8 nitrogen and oxygen atoms in total. The maximum absolute atomic E-state index is 10.1. The molecule has 5 heterocycles. The second-order valence-corrected chi connectivity index (χ2v) is 13.0. The molecule has 2 aliphatic rings. The van der Waals surface area contributed by atoms with Gasteiger partial charge in [0.25, 0.3) is 0 Å². The number of nitrogens with one attached hydrogen (secondary N) is 2. The molecule has 3 aromatic heterocycles. The van der Waals surface area contributed by atoms with Gasteiger partial charge in [-0.25, -0.2) is 9.97 Å². The first kappa shape index (κ1) is 33.3. The number of fused-ring (bicyclic) bond motifs is 8. The molecule has 53 heavy (non-hydrogen) atoms. The van der Waals surface area contributed by atoms with Crippen LogP contribution in [0.2, 0.25) is 0 Å². The van der Waals surface area contributed by atoms with Crippen molar-refractivity contribution in [3.63, 3.8) is 0 Å². The van der Waals surface area contributed by atoms with Gasteiger partial charge in [0, 0.05) is 38.8 Å². The van der Waals surface area contributed by atoms with Crippen LogP contribution in [0.15, 0.2) is 127 Å². The van der Waals surface area contributed by atoms with Crippen LogP contribution in [0.3, 0.4) is 0 Å². The summed E-state index contributed by atoms with van der Waals surface area (Å²) in [4.78, 5) is 17.3. The first-order valence-corrected chi connectivity index (χ1v) is 17.2. The number of aromatic nitrogens is 4. The Kier molecular flexibility index (Phi) is 8.85. The maximum Gasteiger partial charge on any atom is 0.115 e. The van der Waals surface area contributed by atoms with Gasteiger partial charge in [0.05, 0.1) is 22.8 Å². The molecule has 9 heteroatoms. The first-order chi connectivity index (χ1) is 25.8. The molecule has 0 radical (unpaired) electrons. The van der Waals surface area contributed by atoms with Crippen LogP contribution < -0.4 is 4.50 Å². The van der Waals surface area contributed by atoms with Gasteiger partial charge in [-0.2, -0.15) is 0 Å². The van der Waals surface area contributed by atoms with E-state index in [0.717, 1.165) is 82.7 Å². The number of nitrogens with zero attached hydrogens (tertiary/aromatic N) is 2. The largest absolute Gasteiger partial charge is 0.508 e. The van der Waals surface area contributed by atoms with Gasteiger partial charge >= 0.3 is 55.4 Å². The molecule has 0 saturated heterocycles. The molecule has 2 aliphatic heterocycles. The van der Waals surface area contributed by atoms with Crippen LogP contribution in [0.5, 0.6) is 23.0 Å². The van der Waals surface area contributed by atoms with Gasteiger partial charge in [-0.15, -0.1) is 0 Å². The minimum Gasteiger partial charge on any atom is -0.508 e. The van der Waals surface area contributed by atoms with Crippen LogP contribution in [0, 0.1) is 0 Å². The van der Waals surface area contributed by atoms with E-state index in [4.69, 9.17) is 15.1 Å². The predicted octanol–water partition coefficient (Wildman–Crippen LogP) is 9.34. The molecule has 7 aromatic rings. The summed E-state index contributed by atoms with van der Waals surface area (Å²) in [5.41, 5.74) is 11.9. The molecular formula is C44H31CoN4O4. The number of aromatic amines is 2. The molecular weight excluding hydrogens is 707 g/mol. The summed E-state index contributed by atoms with van der Waals surface area (Å²) in [5, 5.41) is 38.8. The molecule has 9 rings (SSSR count). The van der Waals surface area contributed by atoms with Crippen LogP contribution in [-0.2, 0) is 15.7 Å². The molecule has 0 amide bonds. The number of benzene rings is 4. The van der Waals surface area contributed by atoms with Crippen LogP contribution >= 0.6 is 0 Å². The van der Waals surface area contributed by atoms with Gasteiger partial charge < -0.3 is 25.3 Å². The number of phenolic OH excluding ortho intramolecular Hbond substituents is 4. The average Bonchev–Trinajstić information content (AvgIpc) is 4.00. The van der Waals surface area contributed by atoms with Crippen LogP contribution in [-0.4, -0.2) is 40.4 Å². The smallest absolute Gasteiger partial charge is 0.115 e. The fourth-order valence-corrected chi connectivity index (χ4v) is 6.54.